The number of hydrogen-bond donors (Lipinski definition) is 1. The first kappa shape index (κ1) is 22.3. The van der Waals surface area contributed by atoms with Gasteiger partial charge in [0.2, 0.25) is 10.0 Å². The molecule has 3 rings (SSSR count). The number of carbonyl (C=O) groups is 1. The number of carbonyl (C=O) groups excluding carboxylic acids is 1. The standard InChI is InChI=1S/C21H29N3O5S/c1-5-29-20(25)21(14-17-6-8-18(28-4)9-7-17)10-12-24(13-11-21)30(26,27)19-15(2)22-23-16(19)3/h6-9H,5,10-14H2,1-4H3,(H,22,23). The lowest BCUT2D eigenvalue weighted by atomic mass is 9.74. The summed E-state index contributed by atoms with van der Waals surface area (Å²) in [5.74, 6) is 0.476. The largest absolute Gasteiger partial charge is 0.497 e. The normalized spacial score (nSPS) is 16.9. The third-order valence-corrected chi connectivity index (χ3v) is 7.91. The third-order valence-electron chi connectivity index (χ3n) is 5.75. The number of sulfonamides is 1. The zero-order valence-electron chi connectivity index (χ0n) is 17.9. The average Bonchev–Trinajstić information content (AvgIpc) is 3.08. The molecular weight excluding hydrogens is 406 g/mol. The number of hydrogen-bond acceptors (Lipinski definition) is 6. The Balaban J connectivity index is 1.83. The number of rotatable bonds is 7. The Morgan fingerprint density at radius 2 is 1.83 bits per heavy atom. The molecule has 164 valence electrons. The van der Waals surface area contributed by atoms with E-state index in [2.05, 4.69) is 10.2 Å². The van der Waals surface area contributed by atoms with E-state index in [1.54, 1.807) is 27.9 Å². The molecular formula is C21H29N3O5S. The molecule has 2 heterocycles. The van der Waals surface area contributed by atoms with Gasteiger partial charge in [-0.2, -0.15) is 9.40 Å². The average molecular weight is 436 g/mol. The highest BCUT2D eigenvalue weighted by atomic mass is 32.2. The molecule has 0 unspecified atom stereocenters. The van der Waals surface area contributed by atoms with E-state index >= 15 is 0 Å². The van der Waals surface area contributed by atoms with Crippen molar-refractivity contribution in [3.63, 3.8) is 0 Å². The van der Waals surface area contributed by atoms with Crippen molar-refractivity contribution in [1.82, 2.24) is 14.5 Å². The molecule has 1 aromatic carbocycles. The van der Waals surface area contributed by atoms with Crippen LogP contribution < -0.4 is 4.74 Å². The van der Waals surface area contributed by atoms with Crippen LogP contribution in [0, 0.1) is 19.3 Å². The van der Waals surface area contributed by atoms with E-state index in [9.17, 15) is 13.2 Å². The highest BCUT2D eigenvalue weighted by Crippen LogP contribution is 2.39. The van der Waals surface area contributed by atoms with Crippen LogP contribution in [0.5, 0.6) is 5.75 Å². The van der Waals surface area contributed by atoms with Gasteiger partial charge in [0.25, 0.3) is 0 Å². The zero-order chi connectivity index (χ0) is 21.9. The molecule has 0 amide bonds. The minimum absolute atomic E-state index is 0.223. The Morgan fingerprint density at radius 1 is 1.20 bits per heavy atom. The van der Waals surface area contributed by atoms with Crippen LogP contribution >= 0.6 is 0 Å². The maximum atomic E-state index is 13.2. The van der Waals surface area contributed by atoms with Crippen molar-refractivity contribution in [2.45, 2.75) is 44.9 Å². The molecule has 1 aliphatic heterocycles. The van der Waals surface area contributed by atoms with Crippen LogP contribution in [0.25, 0.3) is 0 Å². The van der Waals surface area contributed by atoms with E-state index in [0.717, 1.165) is 11.3 Å². The Labute approximate surface area is 177 Å². The molecule has 0 bridgehead atoms. The Morgan fingerprint density at radius 3 is 2.33 bits per heavy atom. The summed E-state index contributed by atoms with van der Waals surface area (Å²) in [6, 6.07) is 7.58. The quantitative estimate of drug-likeness (QED) is 0.671. The van der Waals surface area contributed by atoms with Gasteiger partial charge >= 0.3 is 5.97 Å². The van der Waals surface area contributed by atoms with Gasteiger partial charge in [-0.05, 0) is 57.7 Å². The van der Waals surface area contributed by atoms with Crippen LogP contribution in [0.2, 0.25) is 0 Å². The van der Waals surface area contributed by atoms with Gasteiger partial charge in [0.05, 0.1) is 30.5 Å². The first-order valence-electron chi connectivity index (χ1n) is 10.1. The Kier molecular flexibility index (Phi) is 6.52. The number of aryl methyl sites for hydroxylation is 2. The number of benzene rings is 1. The molecule has 1 fully saturated rings. The van der Waals surface area contributed by atoms with E-state index in [1.807, 2.05) is 24.3 Å². The minimum atomic E-state index is -3.68. The molecule has 0 aliphatic carbocycles. The maximum Gasteiger partial charge on any atom is 0.312 e. The fourth-order valence-electron chi connectivity index (χ4n) is 4.08. The second-order valence-electron chi connectivity index (χ2n) is 7.69. The number of esters is 1. The molecule has 9 heteroatoms. The second-order valence-corrected chi connectivity index (χ2v) is 9.57. The van der Waals surface area contributed by atoms with Crippen molar-refractivity contribution in [3.8, 4) is 5.75 Å². The molecule has 1 aromatic heterocycles. The lowest BCUT2D eigenvalue weighted by Gasteiger charge is -2.39. The molecule has 1 saturated heterocycles. The van der Waals surface area contributed by atoms with Crippen molar-refractivity contribution < 1.29 is 22.7 Å². The summed E-state index contributed by atoms with van der Waals surface area (Å²) in [6.07, 6.45) is 1.29. The molecule has 0 atom stereocenters. The van der Waals surface area contributed by atoms with Gasteiger partial charge in [-0.1, -0.05) is 12.1 Å². The maximum absolute atomic E-state index is 13.2. The summed E-state index contributed by atoms with van der Waals surface area (Å²) < 4.78 is 38.4. The van der Waals surface area contributed by atoms with Gasteiger partial charge in [-0.15, -0.1) is 0 Å². The summed E-state index contributed by atoms with van der Waals surface area (Å²) in [6.45, 7) is 5.95. The fraction of sp³-hybridized carbons (Fsp3) is 0.524. The fourth-order valence-corrected chi connectivity index (χ4v) is 5.85. The lowest BCUT2D eigenvalue weighted by Crippen LogP contribution is -2.48. The third kappa shape index (κ3) is 4.22. The van der Waals surface area contributed by atoms with Crippen molar-refractivity contribution in [2.75, 3.05) is 26.8 Å². The van der Waals surface area contributed by atoms with Gasteiger partial charge in [-0.3, -0.25) is 9.89 Å². The summed E-state index contributed by atoms with van der Waals surface area (Å²) in [7, 11) is -2.07. The van der Waals surface area contributed by atoms with Gasteiger partial charge in [-0.25, -0.2) is 8.42 Å². The first-order chi connectivity index (χ1) is 14.2. The van der Waals surface area contributed by atoms with Gasteiger partial charge in [0, 0.05) is 13.1 Å². The predicted molar refractivity (Wildman–Crippen MR) is 112 cm³/mol. The van der Waals surface area contributed by atoms with Crippen LogP contribution in [0.1, 0.15) is 36.7 Å². The molecule has 0 spiro atoms. The summed E-state index contributed by atoms with van der Waals surface area (Å²) in [4.78, 5) is 13.1. The van der Waals surface area contributed by atoms with Gasteiger partial charge < -0.3 is 9.47 Å². The molecule has 0 radical (unpaired) electrons. The van der Waals surface area contributed by atoms with Gasteiger partial charge in [0.15, 0.2) is 0 Å². The van der Waals surface area contributed by atoms with Crippen LogP contribution in [0.4, 0.5) is 0 Å². The van der Waals surface area contributed by atoms with Crippen LogP contribution in [0.15, 0.2) is 29.2 Å². The van der Waals surface area contributed by atoms with E-state index in [-0.39, 0.29) is 24.0 Å². The number of nitrogens with one attached hydrogen (secondary N) is 1. The molecule has 8 nitrogen and oxygen atoms in total. The van der Waals surface area contributed by atoms with Crippen LogP contribution in [-0.4, -0.2) is 55.7 Å². The smallest absolute Gasteiger partial charge is 0.312 e. The monoisotopic (exact) mass is 435 g/mol. The van der Waals surface area contributed by atoms with E-state index in [0.29, 0.717) is 37.3 Å². The number of methoxy groups -OCH3 is 1. The minimum Gasteiger partial charge on any atom is -0.497 e. The number of ether oxygens (including phenoxy) is 2. The van der Waals surface area contributed by atoms with Gasteiger partial charge in [0.1, 0.15) is 10.6 Å². The molecule has 1 N–H and O–H groups in total. The SMILES string of the molecule is CCOC(=O)C1(Cc2ccc(OC)cc2)CCN(S(=O)(=O)c2c(C)n[nH]c2C)CC1. The molecule has 2 aromatic rings. The summed E-state index contributed by atoms with van der Waals surface area (Å²) in [5, 5.41) is 6.75. The van der Waals surface area contributed by atoms with Crippen molar-refractivity contribution in [3.05, 3.63) is 41.2 Å². The number of H-pyrrole nitrogens is 1. The summed E-state index contributed by atoms with van der Waals surface area (Å²) in [5.41, 5.74) is 1.21. The van der Waals surface area contributed by atoms with E-state index in [1.165, 1.54) is 4.31 Å². The second kappa shape index (κ2) is 8.77. The van der Waals surface area contributed by atoms with Crippen LogP contribution in [0.3, 0.4) is 0 Å². The van der Waals surface area contributed by atoms with E-state index in [4.69, 9.17) is 9.47 Å². The lowest BCUT2D eigenvalue weighted by molar-refractivity contribution is -0.158. The van der Waals surface area contributed by atoms with E-state index < -0.39 is 15.4 Å². The topological polar surface area (TPSA) is 102 Å². The molecule has 0 saturated carbocycles. The Hall–Kier alpha value is -2.39. The number of aromatic amines is 1. The van der Waals surface area contributed by atoms with Crippen molar-refractivity contribution in [2.24, 2.45) is 5.41 Å². The molecule has 30 heavy (non-hydrogen) atoms. The van der Waals surface area contributed by atoms with Crippen LogP contribution in [-0.2, 0) is 26.0 Å². The Bertz CT molecular complexity index is 971. The van der Waals surface area contributed by atoms with Crippen molar-refractivity contribution >= 4 is 16.0 Å². The van der Waals surface area contributed by atoms with Crippen molar-refractivity contribution in [1.29, 1.82) is 0 Å². The molecule has 1 aliphatic rings. The highest BCUT2D eigenvalue weighted by molar-refractivity contribution is 7.89. The predicted octanol–water partition coefficient (Wildman–Crippen LogP) is 2.61. The number of piperidine rings is 1. The zero-order valence-corrected chi connectivity index (χ0v) is 18.7. The number of aromatic nitrogens is 2. The number of nitrogens with zero attached hydrogens (tertiary/aromatic N) is 2. The first-order valence-corrected chi connectivity index (χ1v) is 11.5. The highest BCUT2D eigenvalue weighted by Gasteiger charge is 2.45. The summed E-state index contributed by atoms with van der Waals surface area (Å²) >= 11 is 0.